The minimum atomic E-state index is -1.69. The second-order valence-corrected chi connectivity index (χ2v) is 8.93. The van der Waals surface area contributed by atoms with Crippen molar-refractivity contribution < 1.29 is 19.8 Å². The fourth-order valence-corrected chi connectivity index (χ4v) is 4.50. The maximum Gasteiger partial charge on any atom is 0.264 e. The SMILES string of the molecule is C[C@H](/C=C/CCO)[C@@]1(O)C(=O)N(Cc2ccc(N3CCC3=O)cc2)c2ccc(Br)cc21. The van der Waals surface area contributed by atoms with Crippen LogP contribution in [0, 0.1) is 5.92 Å². The van der Waals surface area contributed by atoms with E-state index in [2.05, 4.69) is 15.9 Å². The molecule has 0 aromatic heterocycles. The molecule has 7 heteroatoms. The number of benzene rings is 2. The third-order valence-corrected chi connectivity index (χ3v) is 6.54. The van der Waals surface area contributed by atoms with Crippen LogP contribution in [0.5, 0.6) is 0 Å². The number of fused-ring (bicyclic) bond motifs is 1. The topological polar surface area (TPSA) is 81.1 Å². The quantitative estimate of drug-likeness (QED) is 0.465. The number of aliphatic hydroxyl groups excluding tert-OH is 1. The Kier molecular flexibility index (Phi) is 6.01. The van der Waals surface area contributed by atoms with Crippen molar-refractivity contribution in [3.8, 4) is 0 Å². The lowest BCUT2D eigenvalue weighted by Gasteiger charge is -2.31. The molecule has 4 rings (SSSR count). The van der Waals surface area contributed by atoms with Crippen molar-refractivity contribution in [2.45, 2.75) is 31.9 Å². The van der Waals surface area contributed by atoms with Gasteiger partial charge in [-0.1, -0.05) is 47.1 Å². The molecule has 2 aromatic carbocycles. The molecule has 2 aliphatic rings. The smallest absolute Gasteiger partial charge is 0.264 e. The fourth-order valence-electron chi connectivity index (χ4n) is 4.14. The van der Waals surface area contributed by atoms with E-state index in [9.17, 15) is 14.7 Å². The summed E-state index contributed by atoms with van der Waals surface area (Å²) in [5, 5.41) is 20.6. The van der Waals surface area contributed by atoms with Gasteiger partial charge >= 0.3 is 0 Å². The van der Waals surface area contributed by atoms with Gasteiger partial charge < -0.3 is 20.0 Å². The molecule has 162 valence electrons. The van der Waals surface area contributed by atoms with Gasteiger partial charge in [-0.15, -0.1) is 0 Å². The highest BCUT2D eigenvalue weighted by Gasteiger charge is 2.52. The second-order valence-electron chi connectivity index (χ2n) is 8.01. The zero-order chi connectivity index (χ0) is 22.2. The van der Waals surface area contributed by atoms with Crippen molar-refractivity contribution in [3.05, 3.63) is 70.2 Å². The minimum absolute atomic E-state index is 0.0167. The standard InChI is InChI=1S/C24H25BrN2O4/c1-16(4-2-3-13-28)24(31)20-14-18(25)7-10-21(20)27(23(24)30)15-17-5-8-19(9-6-17)26-12-11-22(26)29/h2,4-10,14,16,28,31H,3,11-13,15H2,1H3/b4-2+/t16-,24+/m1/s1. The number of aliphatic hydroxyl groups is 2. The molecule has 2 atom stereocenters. The van der Waals surface area contributed by atoms with Crippen molar-refractivity contribution in [3.63, 3.8) is 0 Å². The van der Waals surface area contributed by atoms with Gasteiger partial charge in [-0.2, -0.15) is 0 Å². The summed E-state index contributed by atoms with van der Waals surface area (Å²) in [5.41, 5.74) is 1.33. The Hall–Kier alpha value is -2.48. The van der Waals surface area contributed by atoms with Crippen LogP contribution < -0.4 is 9.80 Å². The first-order valence-corrected chi connectivity index (χ1v) is 11.2. The van der Waals surface area contributed by atoms with Crippen LogP contribution in [0.2, 0.25) is 0 Å². The number of anilines is 2. The van der Waals surface area contributed by atoms with Crippen molar-refractivity contribution in [1.29, 1.82) is 0 Å². The van der Waals surface area contributed by atoms with E-state index in [0.717, 1.165) is 22.3 Å². The van der Waals surface area contributed by atoms with Gasteiger partial charge in [0.15, 0.2) is 5.60 Å². The Labute approximate surface area is 189 Å². The maximum atomic E-state index is 13.5. The molecule has 2 amide bonds. The molecule has 2 aliphatic heterocycles. The Morgan fingerprint density at radius 1 is 1.19 bits per heavy atom. The molecule has 0 saturated carbocycles. The summed E-state index contributed by atoms with van der Waals surface area (Å²) in [6.07, 6.45) is 4.61. The normalized spacial score (nSPS) is 21.5. The molecule has 2 aromatic rings. The monoisotopic (exact) mass is 484 g/mol. The zero-order valence-electron chi connectivity index (χ0n) is 17.3. The van der Waals surface area contributed by atoms with E-state index in [1.165, 1.54) is 0 Å². The minimum Gasteiger partial charge on any atom is -0.396 e. The van der Waals surface area contributed by atoms with Gasteiger partial charge in [-0.25, -0.2) is 0 Å². The molecule has 0 bridgehead atoms. The maximum absolute atomic E-state index is 13.5. The Morgan fingerprint density at radius 2 is 1.94 bits per heavy atom. The summed E-state index contributed by atoms with van der Waals surface area (Å²) in [4.78, 5) is 28.5. The number of carbonyl (C=O) groups is 2. The van der Waals surface area contributed by atoms with Crippen LogP contribution >= 0.6 is 15.9 Å². The van der Waals surface area contributed by atoms with E-state index in [4.69, 9.17) is 5.11 Å². The molecule has 31 heavy (non-hydrogen) atoms. The average molecular weight is 485 g/mol. The first-order chi connectivity index (χ1) is 14.9. The Morgan fingerprint density at radius 3 is 2.55 bits per heavy atom. The van der Waals surface area contributed by atoms with E-state index in [0.29, 0.717) is 30.6 Å². The van der Waals surface area contributed by atoms with Gasteiger partial charge in [0, 0.05) is 41.2 Å². The van der Waals surface area contributed by atoms with E-state index >= 15 is 0 Å². The highest BCUT2D eigenvalue weighted by atomic mass is 79.9. The highest BCUT2D eigenvalue weighted by Crippen LogP contribution is 2.46. The van der Waals surface area contributed by atoms with Crippen LogP contribution in [0.4, 0.5) is 11.4 Å². The van der Waals surface area contributed by atoms with E-state index in [1.54, 1.807) is 34.9 Å². The molecule has 1 saturated heterocycles. The zero-order valence-corrected chi connectivity index (χ0v) is 18.9. The van der Waals surface area contributed by atoms with Crippen molar-refractivity contribution in [2.24, 2.45) is 5.92 Å². The van der Waals surface area contributed by atoms with Crippen LogP contribution in [-0.4, -0.2) is 35.2 Å². The predicted molar refractivity (Wildman–Crippen MR) is 123 cm³/mol. The third-order valence-electron chi connectivity index (χ3n) is 6.05. The van der Waals surface area contributed by atoms with E-state index in [1.807, 2.05) is 36.4 Å². The number of rotatable bonds is 7. The Balaban J connectivity index is 1.63. The van der Waals surface area contributed by atoms with E-state index < -0.39 is 11.5 Å². The van der Waals surface area contributed by atoms with Crippen molar-refractivity contribution in [2.75, 3.05) is 23.0 Å². The number of carbonyl (C=O) groups excluding carboxylic acids is 2. The lowest BCUT2D eigenvalue weighted by atomic mass is 9.83. The summed E-state index contributed by atoms with van der Waals surface area (Å²) in [6.45, 7) is 2.87. The van der Waals surface area contributed by atoms with Crippen LogP contribution in [-0.2, 0) is 21.7 Å². The predicted octanol–water partition coefficient (Wildman–Crippen LogP) is 3.49. The van der Waals surface area contributed by atoms with Crippen LogP contribution in [0.15, 0.2) is 59.1 Å². The number of amides is 2. The molecule has 2 N–H and O–H groups in total. The van der Waals surface area contributed by atoms with Gasteiger partial charge in [-0.3, -0.25) is 9.59 Å². The number of hydrogen-bond acceptors (Lipinski definition) is 4. The summed E-state index contributed by atoms with van der Waals surface area (Å²) in [5.74, 6) is -0.719. The summed E-state index contributed by atoms with van der Waals surface area (Å²) < 4.78 is 0.787. The van der Waals surface area contributed by atoms with Crippen LogP contribution in [0.3, 0.4) is 0 Å². The molecule has 0 spiro atoms. The average Bonchev–Trinajstić information content (AvgIpc) is 2.96. The highest BCUT2D eigenvalue weighted by molar-refractivity contribution is 9.10. The lowest BCUT2D eigenvalue weighted by molar-refractivity contribution is -0.139. The second kappa shape index (κ2) is 8.57. The van der Waals surface area contributed by atoms with Gasteiger partial charge in [0.1, 0.15) is 0 Å². The fraction of sp³-hybridized carbons (Fsp3) is 0.333. The van der Waals surface area contributed by atoms with Gasteiger partial charge in [0.25, 0.3) is 5.91 Å². The Bertz CT molecular complexity index is 1040. The van der Waals surface area contributed by atoms with Gasteiger partial charge in [-0.05, 0) is 42.3 Å². The summed E-state index contributed by atoms with van der Waals surface area (Å²) in [7, 11) is 0. The molecular formula is C24H25BrN2O4. The van der Waals surface area contributed by atoms with Crippen molar-refractivity contribution >= 4 is 39.1 Å². The first-order valence-electron chi connectivity index (χ1n) is 10.4. The summed E-state index contributed by atoms with van der Waals surface area (Å²) >= 11 is 3.45. The number of β-lactam (4-membered cyclic amide) rings is 1. The van der Waals surface area contributed by atoms with Crippen molar-refractivity contribution in [1.82, 2.24) is 0 Å². The van der Waals surface area contributed by atoms with E-state index in [-0.39, 0.29) is 18.4 Å². The molecule has 0 radical (unpaired) electrons. The number of hydrogen-bond donors (Lipinski definition) is 2. The summed E-state index contributed by atoms with van der Waals surface area (Å²) in [6, 6.07) is 13.1. The number of nitrogens with zero attached hydrogens (tertiary/aromatic N) is 2. The number of halogens is 1. The first kappa shape index (κ1) is 21.7. The van der Waals surface area contributed by atoms with Gasteiger partial charge in [0.2, 0.25) is 5.91 Å². The van der Waals surface area contributed by atoms with Crippen LogP contribution in [0.25, 0.3) is 0 Å². The molecule has 6 nitrogen and oxygen atoms in total. The van der Waals surface area contributed by atoms with Crippen LogP contribution in [0.1, 0.15) is 30.9 Å². The largest absolute Gasteiger partial charge is 0.396 e. The molecule has 1 fully saturated rings. The molecule has 2 heterocycles. The molecular weight excluding hydrogens is 460 g/mol. The lowest BCUT2D eigenvalue weighted by Crippen LogP contribution is -2.44. The third kappa shape index (κ3) is 3.82. The van der Waals surface area contributed by atoms with Gasteiger partial charge in [0.05, 0.1) is 12.2 Å². The molecule has 0 unspecified atom stereocenters. The molecule has 0 aliphatic carbocycles.